The summed E-state index contributed by atoms with van der Waals surface area (Å²) in [6.07, 6.45) is -1.38. The van der Waals surface area contributed by atoms with Gasteiger partial charge in [-0.1, -0.05) is 0 Å². The quantitative estimate of drug-likeness (QED) is 0.339. The van der Waals surface area contributed by atoms with Crippen LogP contribution in [0.2, 0.25) is 0 Å². The number of carbonyl (C=O) groups is 1. The fourth-order valence-electron chi connectivity index (χ4n) is 0.627. The molecule has 0 saturated heterocycles. The number of azo groups is 1. The van der Waals surface area contributed by atoms with Crippen molar-refractivity contribution in [1.29, 1.82) is 0 Å². The van der Waals surface area contributed by atoms with Gasteiger partial charge in [-0.05, 0) is 11.7 Å². The Labute approximate surface area is 66.7 Å². The fourth-order valence-corrected chi connectivity index (χ4v) is 0.627. The highest BCUT2D eigenvalue weighted by Gasteiger charge is 2.34. The van der Waals surface area contributed by atoms with Crippen molar-refractivity contribution in [2.45, 2.75) is 13.2 Å². The summed E-state index contributed by atoms with van der Waals surface area (Å²) in [7, 11) is 0. The molecule has 8 nitrogen and oxygen atoms in total. The first kappa shape index (κ1) is 8.37. The summed E-state index contributed by atoms with van der Waals surface area (Å²) < 4.78 is 0. The van der Waals surface area contributed by atoms with E-state index in [2.05, 4.69) is 15.5 Å². The van der Waals surface area contributed by atoms with Crippen molar-refractivity contribution in [2.75, 3.05) is 6.54 Å². The molecular weight excluding hydrogens is 166 g/mol. The first-order chi connectivity index (χ1) is 5.59. The molecule has 12 heavy (non-hydrogen) atoms. The van der Waals surface area contributed by atoms with E-state index >= 15 is 0 Å². The minimum Gasteiger partial charge on any atom is -0.295 e. The lowest BCUT2D eigenvalue weighted by Crippen LogP contribution is -2.14. The zero-order valence-electron chi connectivity index (χ0n) is 6.25. The van der Waals surface area contributed by atoms with Gasteiger partial charge in [-0.2, -0.15) is 0 Å². The number of hydrogen-bond donors (Lipinski definition) is 0. The predicted octanol–water partition coefficient (Wildman–Crippen LogP) is -0.0188. The maximum Gasteiger partial charge on any atom is 0.539 e. The van der Waals surface area contributed by atoms with Crippen LogP contribution in [0.25, 0.3) is 0 Å². The van der Waals surface area contributed by atoms with Crippen LogP contribution in [-0.2, 0) is 4.79 Å². The summed E-state index contributed by atoms with van der Waals surface area (Å²) in [4.78, 5) is 20.8. The lowest BCUT2D eigenvalue weighted by Gasteiger charge is -1.84. The van der Waals surface area contributed by atoms with Crippen molar-refractivity contribution in [3.63, 3.8) is 0 Å². The molecule has 0 aromatic carbocycles. The molecule has 0 aliphatic carbocycles. The van der Waals surface area contributed by atoms with Crippen molar-refractivity contribution in [3.05, 3.63) is 10.1 Å². The van der Waals surface area contributed by atoms with Gasteiger partial charge >= 0.3 is 6.29 Å². The van der Waals surface area contributed by atoms with Crippen molar-refractivity contribution < 1.29 is 14.5 Å². The smallest absolute Gasteiger partial charge is 0.295 e. The zero-order valence-corrected chi connectivity index (χ0v) is 6.25. The zero-order chi connectivity index (χ0) is 9.14. The Kier molecular flexibility index (Phi) is 2.17. The maximum absolute atomic E-state index is 10.5. The predicted molar refractivity (Wildman–Crippen MR) is 33.9 cm³/mol. The van der Waals surface area contributed by atoms with Gasteiger partial charge in [-0.3, -0.25) is 14.9 Å². The third-order valence-electron chi connectivity index (χ3n) is 1.05. The molecule has 1 atom stereocenters. The van der Waals surface area contributed by atoms with E-state index in [-0.39, 0.29) is 12.3 Å². The van der Waals surface area contributed by atoms with E-state index in [1.165, 1.54) is 6.92 Å². The summed E-state index contributed by atoms with van der Waals surface area (Å²) in [5.41, 5.74) is 0. The van der Waals surface area contributed by atoms with Gasteiger partial charge < -0.3 is 0 Å². The molecule has 0 amide bonds. The van der Waals surface area contributed by atoms with Gasteiger partial charge in [0.2, 0.25) is 0 Å². The Morgan fingerprint density at radius 2 is 2.42 bits per heavy atom. The van der Waals surface area contributed by atoms with Crippen LogP contribution in [0.15, 0.2) is 15.5 Å². The average Bonchev–Trinajstić information content (AvgIpc) is 2.34. The summed E-state index contributed by atoms with van der Waals surface area (Å²) >= 11 is 0. The standard InChI is InChI=1S/C4H6N5O3/c1-3(10)2-8-6-4(5-7-8)9(11)12/h4H,2H2,1H3/q+1. The van der Waals surface area contributed by atoms with Crippen molar-refractivity contribution >= 4 is 5.78 Å². The molecule has 1 unspecified atom stereocenters. The van der Waals surface area contributed by atoms with Crippen molar-refractivity contribution in [3.8, 4) is 0 Å². The Morgan fingerprint density at radius 3 is 2.83 bits per heavy atom. The summed E-state index contributed by atoms with van der Waals surface area (Å²) in [5, 5.41) is 20.0. The highest BCUT2D eigenvalue weighted by Crippen LogP contribution is 2.04. The van der Waals surface area contributed by atoms with Crippen LogP contribution in [-0.4, -0.2) is 28.3 Å². The maximum atomic E-state index is 10.5. The average molecular weight is 172 g/mol. The number of nitro groups is 1. The largest absolute Gasteiger partial charge is 0.539 e. The van der Waals surface area contributed by atoms with Gasteiger partial charge in [0.05, 0.1) is 0 Å². The second kappa shape index (κ2) is 3.11. The van der Waals surface area contributed by atoms with Crippen LogP contribution in [0.4, 0.5) is 0 Å². The van der Waals surface area contributed by atoms with Crippen LogP contribution >= 0.6 is 0 Å². The molecule has 1 aliphatic rings. The van der Waals surface area contributed by atoms with Gasteiger partial charge in [0.1, 0.15) is 10.0 Å². The minimum absolute atomic E-state index is 0.0756. The normalized spacial score (nSPS) is 20.8. The number of hydrogen-bond acceptors (Lipinski definition) is 6. The topological polar surface area (TPSA) is 100 Å². The summed E-state index contributed by atoms with van der Waals surface area (Å²) in [5.74, 6) is -0.179. The number of carbonyl (C=O) groups excluding carboxylic acids is 1. The number of rotatable bonds is 3. The van der Waals surface area contributed by atoms with E-state index in [0.29, 0.717) is 0 Å². The second-order valence-electron chi connectivity index (χ2n) is 2.18. The SMILES string of the molecule is CC(=O)C[N+]1=NC([N+](=O)[O-])N=N1. The lowest BCUT2D eigenvalue weighted by atomic mass is 10.5. The molecule has 0 bridgehead atoms. The molecule has 0 saturated carbocycles. The van der Waals surface area contributed by atoms with Gasteiger partial charge in [0, 0.05) is 5.11 Å². The van der Waals surface area contributed by atoms with E-state index in [9.17, 15) is 14.9 Å². The third-order valence-corrected chi connectivity index (χ3v) is 1.05. The monoisotopic (exact) mass is 172 g/mol. The summed E-state index contributed by atoms with van der Waals surface area (Å²) in [6, 6.07) is 0. The van der Waals surface area contributed by atoms with Gasteiger partial charge in [0.25, 0.3) is 0 Å². The first-order valence-electron chi connectivity index (χ1n) is 3.11. The van der Waals surface area contributed by atoms with Crippen molar-refractivity contribution in [2.24, 2.45) is 15.5 Å². The summed E-state index contributed by atoms with van der Waals surface area (Å²) in [6.45, 7) is 1.26. The number of nitrogens with zero attached hydrogens (tertiary/aromatic N) is 5. The molecule has 1 rings (SSSR count). The second-order valence-corrected chi connectivity index (χ2v) is 2.18. The molecule has 1 aliphatic heterocycles. The van der Waals surface area contributed by atoms with Crippen LogP contribution in [0.1, 0.15) is 6.92 Å². The molecule has 0 spiro atoms. The van der Waals surface area contributed by atoms with Crippen LogP contribution in [0.5, 0.6) is 0 Å². The first-order valence-corrected chi connectivity index (χ1v) is 3.11. The van der Waals surface area contributed by atoms with Gasteiger partial charge in [-0.25, -0.2) is 0 Å². The Bertz CT molecular complexity index is 282. The Morgan fingerprint density at radius 1 is 1.75 bits per heavy atom. The van der Waals surface area contributed by atoms with Crippen molar-refractivity contribution in [1.82, 2.24) is 0 Å². The van der Waals surface area contributed by atoms with E-state index in [0.717, 1.165) is 4.81 Å². The van der Waals surface area contributed by atoms with E-state index in [1.807, 2.05) is 0 Å². The molecule has 8 heteroatoms. The third kappa shape index (κ3) is 1.87. The van der Waals surface area contributed by atoms with Gasteiger partial charge in [0.15, 0.2) is 17.6 Å². The van der Waals surface area contributed by atoms with E-state index in [1.54, 1.807) is 0 Å². The minimum atomic E-state index is -1.38. The molecule has 0 N–H and O–H groups in total. The number of Topliss-reactive ketones (excluding diaryl/α,β-unsaturated/α-hetero) is 1. The van der Waals surface area contributed by atoms with Crippen LogP contribution < -0.4 is 0 Å². The van der Waals surface area contributed by atoms with Crippen LogP contribution in [0, 0.1) is 10.1 Å². The highest BCUT2D eigenvalue weighted by molar-refractivity contribution is 5.76. The van der Waals surface area contributed by atoms with Crippen LogP contribution in [0.3, 0.4) is 0 Å². The molecule has 1 heterocycles. The lowest BCUT2D eigenvalue weighted by molar-refractivity contribution is -0.608. The van der Waals surface area contributed by atoms with E-state index in [4.69, 9.17) is 0 Å². The highest BCUT2D eigenvalue weighted by atomic mass is 16.6. The fraction of sp³-hybridized carbons (Fsp3) is 0.750. The van der Waals surface area contributed by atoms with E-state index < -0.39 is 11.2 Å². The molecule has 0 fully saturated rings. The Hall–Kier alpha value is -1.73. The molecular formula is C4H6N5O3+. The Balaban J connectivity index is 2.61. The molecule has 64 valence electrons. The van der Waals surface area contributed by atoms with Gasteiger partial charge in [-0.15, -0.1) is 0 Å². The molecule has 0 radical (unpaired) electrons. The molecule has 0 aromatic heterocycles. The molecule has 0 aromatic rings. The number of ketones is 1.